The van der Waals surface area contributed by atoms with E-state index in [4.69, 9.17) is 9.47 Å². The molecule has 1 heterocycles. The number of nitrogens with one attached hydrogen (secondary N) is 1. The van der Waals surface area contributed by atoms with E-state index in [0.29, 0.717) is 22.2 Å². The van der Waals surface area contributed by atoms with E-state index in [1.807, 2.05) is 25.1 Å². The third-order valence-electron chi connectivity index (χ3n) is 5.38. The second kappa shape index (κ2) is 9.97. The molecule has 0 bridgehead atoms. The summed E-state index contributed by atoms with van der Waals surface area (Å²) in [7, 11) is 0. The number of carbonyl (C=O) groups excluding carboxylic acids is 2. The molecule has 7 heteroatoms. The van der Waals surface area contributed by atoms with E-state index in [0.717, 1.165) is 40.8 Å². The van der Waals surface area contributed by atoms with Gasteiger partial charge in [-0.15, -0.1) is 11.3 Å². The lowest BCUT2D eigenvalue weighted by Gasteiger charge is -2.17. The van der Waals surface area contributed by atoms with Crippen LogP contribution in [0.2, 0.25) is 0 Å². The van der Waals surface area contributed by atoms with Gasteiger partial charge in [0.25, 0.3) is 5.91 Å². The van der Waals surface area contributed by atoms with Crippen LogP contribution < -0.4 is 10.1 Å². The van der Waals surface area contributed by atoms with Gasteiger partial charge in [-0.3, -0.25) is 4.79 Å². The van der Waals surface area contributed by atoms with Crippen LogP contribution in [0.3, 0.4) is 0 Å². The number of rotatable bonds is 7. The standard InChI is InChI=1S/C24H28N2O4S/c1-14(2)17-7-5-15(3)9-20(17)29-13-23(28)30-12-22(27)26-24-19(11-25)18-8-6-16(4)10-21(18)31-24/h5,7,9,14,16H,6,8,10,12-13H2,1-4H3,(H,26,27). The normalized spacial score (nSPS) is 15.2. The molecule has 1 aromatic heterocycles. The second-order valence-electron chi connectivity index (χ2n) is 8.36. The summed E-state index contributed by atoms with van der Waals surface area (Å²) in [5.41, 5.74) is 3.63. The van der Waals surface area contributed by atoms with Gasteiger partial charge in [0.2, 0.25) is 0 Å². The van der Waals surface area contributed by atoms with E-state index in [2.05, 4.69) is 32.2 Å². The summed E-state index contributed by atoms with van der Waals surface area (Å²) in [6, 6.07) is 8.09. The van der Waals surface area contributed by atoms with Crippen LogP contribution in [-0.4, -0.2) is 25.1 Å². The molecule has 0 fully saturated rings. The number of benzene rings is 1. The summed E-state index contributed by atoms with van der Waals surface area (Å²) in [5, 5.41) is 12.8. The average molecular weight is 441 g/mol. The van der Waals surface area contributed by atoms with Gasteiger partial charge in [-0.05, 0) is 60.8 Å². The molecule has 0 radical (unpaired) electrons. The van der Waals surface area contributed by atoms with Crippen molar-refractivity contribution in [3.05, 3.63) is 45.3 Å². The number of esters is 1. The second-order valence-corrected chi connectivity index (χ2v) is 9.47. The van der Waals surface area contributed by atoms with Crippen molar-refractivity contribution in [2.24, 2.45) is 5.92 Å². The largest absolute Gasteiger partial charge is 0.482 e. The molecule has 0 aliphatic heterocycles. The van der Waals surface area contributed by atoms with E-state index < -0.39 is 18.5 Å². The molecular weight excluding hydrogens is 412 g/mol. The zero-order valence-electron chi connectivity index (χ0n) is 18.4. The molecule has 3 rings (SSSR count). The number of aryl methyl sites for hydroxylation is 1. The maximum atomic E-state index is 12.3. The van der Waals surface area contributed by atoms with Gasteiger partial charge in [0.1, 0.15) is 16.8 Å². The number of nitriles is 1. The number of hydrogen-bond acceptors (Lipinski definition) is 6. The number of amides is 1. The van der Waals surface area contributed by atoms with Crippen molar-refractivity contribution in [1.82, 2.24) is 0 Å². The fraction of sp³-hybridized carbons (Fsp3) is 0.458. The summed E-state index contributed by atoms with van der Waals surface area (Å²) in [4.78, 5) is 25.5. The van der Waals surface area contributed by atoms with Crippen LogP contribution in [0, 0.1) is 24.2 Å². The van der Waals surface area contributed by atoms with Gasteiger partial charge in [-0.2, -0.15) is 5.26 Å². The summed E-state index contributed by atoms with van der Waals surface area (Å²) in [5.74, 6) is 0.396. The van der Waals surface area contributed by atoms with Gasteiger partial charge < -0.3 is 14.8 Å². The van der Waals surface area contributed by atoms with Gasteiger partial charge in [0.05, 0.1) is 5.56 Å². The van der Waals surface area contributed by atoms with E-state index in [1.54, 1.807) is 0 Å². The van der Waals surface area contributed by atoms with E-state index in [1.165, 1.54) is 11.3 Å². The molecule has 1 unspecified atom stereocenters. The lowest BCUT2D eigenvalue weighted by molar-refractivity contribution is -0.149. The summed E-state index contributed by atoms with van der Waals surface area (Å²) < 4.78 is 10.7. The Balaban J connectivity index is 1.53. The molecular formula is C24H28N2O4S. The van der Waals surface area contributed by atoms with Crippen molar-refractivity contribution >= 4 is 28.2 Å². The van der Waals surface area contributed by atoms with Gasteiger partial charge in [-0.1, -0.05) is 32.9 Å². The zero-order chi connectivity index (χ0) is 22.5. The molecule has 1 aromatic carbocycles. The number of anilines is 1. The Bertz CT molecular complexity index is 1020. The Kier molecular flexibility index (Phi) is 7.34. The third-order valence-corrected chi connectivity index (χ3v) is 6.55. The molecule has 31 heavy (non-hydrogen) atoms. The smallest absolute Gasteiger partial charge is 0.344 e. The average Bonchev–Trinajstić information content (AvgIpc) is 3.06. The van der Waals surface area contributed by atoms with E-state index >= 15 is 0 Å². The Morgan fingerprint density at radius 2 is 2.10 bits per heavy atom. The molecule has 1 aliphatic carbocycles. The third kappa shape index (κ3) is 5.65. The van der Waals surface area contributed by atoms with Crippen molar-refractivity contribution in [2.75, 3.05) is 18.5 Å². The Labute approximate surface area is 187 Å². The number of ether oxygens (including phenoxy) is 2. The monoisotopic (exact) mass is 440 g/mol. The minimum Gasteiger partial charge on any atom is -0.482 e. The molecule has 1 aliphatic rings. The lowest BCUT2D eigenvalue weighted by atomic mass is 9.89. The van der Waals surface area contributed by atoms with Crippen molar-refractivity contribution in [2.45, 2.75) is 52.9 Å². The maximum Gasteiger partial charge on any atom is 0.344 e. The first kappa shape index (κ1) is 22.8. The van der Waals surface area contributed by atoms with Crippen LogP contribution in [0.25, 0.3) is 0 Å². The molecule has 164 valence electrons. The predicted molar refractivity (Wildman–Crippen MR) is 121 cm³/mol. The number of hydrogen-bond donors (Lipinski definition) is 1. The first-order valence-electron chi connectivity index (χ1n) is 10.5. The molecule has 1 amide bonds. The minimum atomic E-state index is -0.619. The number of carbonyl (C=O) groups is 2. The molecule has 2 aromatic rings. The SMILES string of the molecule is Cc1ccc(C(C)C)c(OCC(=O)OCC(=O)Nc2sc3c(c2C#N)CCC(C)C3)c1. The molecule has 0 saturated heterocycles. The topological polar surface area (TPSA) is 88.4 Å². The van der Waals surface area contributed by atoms with Crippen LogP contribution in [0.4, 0.5) is 5.00 Å². The van der Waals surface area contributed by atoms with E-state index in [9.17, 15) is 14.9 Å². The Hall–Kier alpha value is -2.85. The minimum absolute atomic E-state index is 0.256. The van der Waals surface area contributed by atoms with E-state index in [-0.39, 0.29) is 12.5 Å². The first-order valence-corrected chi connectivity index (χ1v) is 11.3. The van der Waals surface area contributed by atoms with Gasteiger partial charge in [0, 0.05) is 4.88 Å². The zero-order valence-corrected chi connectivity index (χ0v) is 19.2. The van der Waals surface area contributed by atoms with Crippen LogP contribution in [-0.2, 0) is 27.2 Å². The summed E-state index contributed by atoms with van der Waals surface area (Å²) in [6.45, 7) is 7.56. The predicted octanol–water partition coefficient (Wildman–Crippen LogP) is 4.74. The van der Waals surface area contributed by atoms with Gasteiger partial charge in [0.15, 0.2) is 13.2 Å². The molecule has 0 saturated carbocycles. The summed E-state index contributed by atoms with van der Waals surface area (Å²) in [6.07, 6.45) is 2.83. The molecule has 1 N–H and O–H groups in total. The number of thiophene rings is 1. The highest BCUT2D eigenvalue weighted by molar-refractivity contribution is 7.16. The van der Waals surface area contributed by atoms with Crippen molar-refractivity contribution < 1.29 is 19.1 Å². The first-order chi connectivity index (χ1) is 14.8. The highest BCUT2D eigenvalue weighted by Gasteiger charge is 2.25. The highest BCUT2D eigenvalue weighted by atomic mass is 32.1. The van der Waals surface area contributed by atoms with Crippen molar-refractivity contribution in [3.8, 4) is 11.8 Å². The Morgan fingerprint density at radius 3 is 2.81 bits per heavy atom. The lowest BCUT2D eigenvalue weighted by Crippen LogP contribution is -2.23. The van der Waals surface area contributed by atoms with Crippen LogP contribution in [0.1, 0.15) is 60.2 Å². The summed E-state index contributed by atoms with van der Waals surface area (Å²) >= 11 is 1.45. The van der Waals surface area contributed by atoms with Crippen LogP contribution >= 0.6 is 11.3 Å². The highest BCUT2D eigenvalue weighted by Crippen LogP contribution is 2.39. The van der Waals surface area contributed by atoms with Crippen molar-refractivity contribution in [3.63, 3.8) is 0 Å². The maximum absolute atomic E-state index is 12.3. The van der Waals surface area contributed by atoms with Gasteiger partial charge >= 0.3 is 5.97 Å². The fourth-order valence-corrected chi connectivity index (χ4v) is 5.07. The fourth-order valence-electron chi connectivity index (χ4n) is 3.69. The number of fused-ring (bicyclic) bond motifs is 1. The van der Waals surface area contributed by atoms with Gasteiger partial charge in [-0.25, -0.2) is 4.79 Å². The molecule has 0 spiro atoms. The van der Waals surface area contributed by atoms with Crippen LogP contribution in [0.5, 0.6) is 5.75 Å². The molecule has 1 atom stereocenters. The van der Waals surface area contributed by atoms with Crippen LogP contribution in [0.15, 0.2) is 18.2 Å². The Morgan fingerprint density at radius 1 is 1.32 bits per heavy atom. The van der Waals surface area contributed by atoms with Crippen molar-refractivity contribution in [1.29, 1.82) is 5.26 Å². The quantitative estimate of drug-likeness (QED) is 0.629. The number of nitrogens with zero attached hydrogens (tertiary/aromatic N) is 1. The molecule has 6 nitrogen and oxygen atoms in total.